The maximum atomic E-state index is 12.8. The number of Topliss-reactive ketones (excluding diaryl/α,β-unsaturated/α-hetero) is 1. The molecule has 4 rings (SSSR count). The molecule has 3 atom stereocenters. The van der Waals surface area contributed by atoms with Crippen molar-refractivity contribution in [2.45, 2.75) is 24.9 Å². The first kappa shape index (κ1) is 15.6. The molecule has 2 heterocycles. The lowest BCUT2D eigenvalue weighted by atomic mass is 9.66. The molecule has 126 valence electrons. The number of ketones is 1. The molecule has 5 nitrogen and oxygen atoms in total. The first-order chi connectivity index (χ1) is 11.6. The third kappa shape index (κ3) is 1.89. The minimum atomic E-state index is -0.573. The highest BCUT2D eigenvalue weighted by Crippen LogP contribution is 2.57. The molecule has 2 aliphatic heterocycles. The number of rotatable bonds is 2. The number of nitrogens with one attached hydrogen (secondary N) is 1. The highest BCUT2D eigenvalue weighted by Gasteiger charge is 2.59. The van der Waals surface area contributed by atoms with Crippen molar-refractivity contribution >= 4 is 21.9 Å². The highest BCUT2D eigenvalue weighted by molar-refractivity contribution is 9.07. The largest absolute Gasteiger partial charge is 0.493 e. The summed E-state index contributed by atoms with van der Waals surface area (Å²) in [6.45, 7) is 0. The maximum absolute atomic E-state index is 12.8. The number of halogens is 1. The number of allylic oxidation sites excluding steroid dienone is 3. The van der Waals surface area contributed by atoms with Crippen LogP contribution in [0.4, 0.5) is 0 Å². The van der Waals surface area contributed by atoms with Crippen LogP contribution in [-0.2, 0) is 14.3 Å². The number of hydrogen-bond acceptors (Lipinski definition) is 5. The van der Waals surface area contributed by atoms with E-state index in [9.17, 15) is 4.79 Å². The van der Waals surface area contributed by atoms with Gasteiger partial charge in [-0.15, -0.1) is 0 Å². The topological polar surface area (TPSA) is 50.8 Å². The van der Waals surface area contributed by atoms with Crippen molar-refractivity contribution in [3.63, 3.8) is 0 Å². The molecule has 24 heavy (non-hydrogen) atoms. The number of hydrogen-bond donors (Lipinski definition) is 1. The summed E-state index contributed by atoms with van der Waals surface area (Å²) in [6.07, 6.45) is 13.6. The molecular formula is C18H19BrN2O3. The molecule has 0 amide bonds. The van der Waals surface area contributed by atoms with Gasteiger partial charge in [-0.05, 0) is 18.1 Å². The molecule has 0 aromatic heterocycles. The van der Waals surface area contributed by atoms with Crippen LogP contribution in [0.15, 0.2) is 59.4 Å². The van der Waals surface area contributed by atoms with Crippen LogP contribution < -0.4 is 5.32 Å². The predicted molar refractivity (Wildman–Crippen MR) is 93.6 cm³/mol. The highest BCUT2D eigenvalue weighted by atomic mass is 79.9. The van der Waals surface area contributed by atoms with Crippen LogP contribution in [0, 0.1) is 5.41 Å². The molecular weight excluding hydrogens is 372 g/mol. The van der Waals surface area contributed by atoms with E-state index in [1.165, 1.54) is 5.57 Å². The standard InChI is InChI=1S/C18H19BrN2O3/c1-23-14-9-18-11-5-3-4-6-12(11)21(19)16(18)8-7-13(22)17(18)20-10-15(14)24-2/h4-6,8-10,12,17,20H,3,7H2,1-2H3. The number of ether oxygens (including phenoxy) is 2. The molecule has 1 saturated heterocycles. The number of methoxy groups -OCH3 is 2. The Balaban J connectivity index is 1.98. The molecule has 4 aliphatic rings. The van der Waals surface area contributed by atoms with Crippen LogP contribution in [0.25, 0.3) is 0 Å². The number of carbonyl (C=O) groups is 1. The summed E-state index contributed by atoms with van der Waals surface area (Å²) in [5, 5.41) is 3.29. The van der Waals surface area contributed by atoms with Crippen LogP contribution in [-0.4, -0.2) is 36.0 Å². The van der Waals surface area contributed by atoms with E-state index in [4.69, 9.17) is 9.47 Å². The van der Waals surface area contributed by atoms with Gasteiger partial charge in [-0.3, -0.25) is 4.79 Å². The van der Waals surface area contributed by atoms with Gasteiger partial charge >= 0.3 is 0 Å². The second kappa shape index (κ2) is 5.55. The summed E-state index contributed by atoms with van der Waals surface area (Å²) in [4.78, 5) is 12.8. The van der Waals surface area contributed by atoms with Gasteiger partial charge in [-0.2, -0.15) is 0 Å². The van der Waals surface area contributed by atoms with Crippen molar-refractivity contribution < 1.29 is 14.3 Å². The van der Waals surface area contributed by atoms with E-state index in [0.717, 1.165) is 12.1 Å². The summed E-state index contributed by atoms with van der Waals surface area (Å²) in [6, 6.07) is -0.281. The minimum absolute atomic E-state index is 0.0960. The molecule has 0 aromatic rings. The first-order valence-corrected chi connectivity index (χ1v) is 8.67. The third-order valence-corrected chi connectivity index (χ3v) is 6.01. The Kier molecular flexibility index (Phi) is 3.60. The average molecular weight is 391 g/mol. The molecule has 6 heteroatoms. The molecule has 0 aromatic carbocycles. The van der Waals surface area contributed by atoms with Gasteiger partial charge in [0.1, 0.15) is 6.04 Å². The second-order valence-electron chi connectivity index (χ2n) is 6.23. The Morgan fingerprint density at radius 1 is 1.29 bits per heavy atom. The summed E-state index contributed by atoms with van der Waals surface area (Å²) in [7, 11) is 3.22. The number of nitrogens with zero attached hydrogens (tertiary/aromatic N) is 1. The zero-order valence-electron chi connectivity index (χ0n) is 13.6. The van der Waals surface area contributed by atoms with Gasteiger partial charge < -0.3 is 18.7 Å². The summed E-state index contributed by atoms with van der Waals surface area (Å²) >= 11 is 3.71. The monoisotopic (exact) mass is 390 g/mol. The van der Waals surface area contributed by atoms with E-state index in [1.54, 1.807) is 20.4 Å². The summed E-state index contributed by atoms with van der Waals surface area (Å²) in [5.41, 5.74) is 1.69. The predicted octanol–water partition coefficient (Wildman–Crippen LogP) is 2.70. The van der Waals surface area contributed by atoms with Crippen molar-refractivity contribution in [2.24, 2.45) is 5.41 Å². The van der Waals surface area contributed by atoms with Crippen molar-refractivity contribution in [2.75, 3.05) is 14.2 Å². The molecule has 0 bridgehead atoms. The van der Waals surface area contributed by atoms with Gasteiger partial charge in [-0.1, -0.05) is 24.3 Å². The summed E-state index contributed by atoms with van der Waals surface area (Å²) in [5.74, 6) is 1.38. The van der Waals surface area contributed by atoms with Crippen LogP contribution in [0.3, 0.4) is 0 Å². The Hall–Kier alpha value is -1.95. The van der Waals surface area contributed by atoms with E-state index in [1.807, 2.05) is 12.2 Å². The second-order valence-corrected chi connectivity index (χ2v) is 7.00. The van der Waals surface area contributed by atoms with Crippen molar-refractivity contribution in [3.05, 3.63) is 59.4 Å². The third-order valence-electron chi connectivity index (χ3n) is 5.18. The van der Waals surface area contributed by atoms with Crippen molar-refractivity contribution in [1.29, 1.82) is 0 Å². The van der Waals surface area contributed by atoms with Crippen LogP contribution >= 0.6 is 16.1 Å². The van der Waals surface area contributed by atoms with Gasteiger partial charge in [0, 0.05) is 18.3 Å². The van der Waals surface area contributed by atoms with Gasteiger partial charge in [0.05, 0.1) is 41.8 Å². The zero-order valence-corrected chi connectivity index (χ0v) is 15.2. The van der Waals surface area contributed by atoms with E-state index in [-0.39, 0.29) is 17.9 Å². The Labute approximate surface area is 149 Å². The van der Waals surface area contributed by atoms with Gasteiger partial charge in [0.2, 0.25) is 0 Å². The molecule has 0 radical (unpaired) electrons. The number of fused-ring (bicyclic) bond motifs is 1. The van der Waals surface area contributed by atoms with E-state index in [0.29, 0.717) is 17.9 Å². The Bertz CT molecular complexity index is 745. The Morgan fingerprint density at radius 3 is 2.83 bits per heavy atom. The minimum Gasteiger partial charge on any atom is -0.493 e. The van der Waals surface area contributed by atoms with Crippen LogP contribution in [0.5, 0.6) is 0 Å². The normalized spacial score (nSPS) is 33.8. The fourth-order valence-electron chi connectivity index (χ4n) is 4.14. The summed E-state index contributed by atoms with van der Waals surface area (Å²) < 4.78 is 13.1. The first-order valence-electron chi connectivity index (χ1n) is 7.96. The van der Waals surface area contributed by atoms with Crippen LogP contribution in [0.2, 0.25) is 0 Å². The number of carbonyl (C=O) groups excluding carboxylic acids is 1. The zero-order chi connectivity index (χ0) is 16.9. The van der Waals surface area contributed by atoms with E-state index < -0.39 is 5.41 Å². The molecule has 0 saturated carbocycles. The van der Waals surface area contributed by atoms with E-state index in [2.05, 4.69) is 43.6 Å². The average Bonchev–Trinajstić information content (AvgIpc) is 2.75. The molecule has 1 fully saturated rings. The quantitative estimate of drug-likeness (QED) is 0.580. The lowest BCUT2D eigenvalue weighted by molar-refractivity contribution is -0.122. The SMILES string of the molecule is COC1=CNC2C(=O)CC=C3N(Br)C4C=CCC=C4C32C=C1OC. The lowest BCUT2D eigenvalue weighted by Gasteiger charge is -2.38. The van der Waals surface area contributed by atoms with Gasteiger partial charge in [-0.25, -0.2) is 0 Å². The lowest BCUT2D eigenvalue weighted by Crippen LogP contribution is -2.50. The van der Waals surface area contributed by atoms with Gasteiger partial charge in [0.15, 0.2) is 17.3 Å². The van der Waals surface area contributed by atoms with Gasteiger partial charge in [0.25, 0.3) is 0 Å². The Morgan fingerprint density at radius 2 is 2.08 bits per heavy atom. The molecule has 2 aliphatic carbocycles. The molecule has 1 spiro atoms. The smallest absolute Gasteiger partial charge is 0.176 e. The van der Waals surface area contributed by atoms with E-state index >= 15 is 0 Å². The van der Waals surface area contributed by atoms with Crippen molar-refractivity contribution in [1.82, 2.24) is 9.24 Å². The fourth-order valence-corrected chi connectivity index (χ4v) is 4.94. The fraction of sp³-hybridized carbons (Fsp3) is 0.389. The van der Waals surface area contributed by atoms with Crippen molar-refractivity contribution in [3.8, 4) is 0 Å². The molecule has 1 N–H and O–H groups in total. The maximum Gasteiger partial charge on any atom is 0.176 e. The molecule has 3 unspecified atom stereocenters. The van der Waals surface area contributed by atoms with Crippen LogP contribution in [0.1, 0.15) is 12.8 Å².